The number of aryl methyl sites for hydroxylation is 2. The largest absolute Gasteiger partial charge is 0.383 e. The van der Waals surface area contributed by atoms with Crippen molar-refractivity contribution in [2.75, 3.05) is 33.9 Å². The summed E-state index contributed by atoms with van der Waals surface area (Å²) in [5.74, 6) is 0. The molecule has 0 heterocycles. The molecule has 0 aliphatic rings. The number of methoxy groups -OCH3 is 1. The predicted molar refractivity (Wildman–Crippen MR) is 86.3 cm³/mol. The van der Waals surface area contributed by atoms with Crippen LogP contribution in [0.25, 0.3) is 0 Å². The standard InChI is InChI=1S/C17H30N2O/c1-7-19(15(4)12-20-6)11-17(18-5)16-9-13(2)8-14(3)10-16/h8-10,15,17-18H,7,11-12H2,1-6H3. The van der Waals surface area contributed by atoms with Gasteiger partial charge in [0.25, 0.3) is 0 Å². The van der Waals surface area contributed by atoms with Crippen LogP contribution < -0.4 is 5.32 Å². The molecule has 1 N–H and O–H groups in total. The van der Waals surface area contributed by atoms with E-state index in [4.69, 9.17) is 4.74 Å². The molecule has 20 heavy (non-hydrogen) atoms. The van der Waals surface area contributed by atoms with Gasteiger partial charge in [0.15, 0.2) is 0 Å². The van der Waals surface area contributed by atoms with Crippen molar-refractivity contribution in [2.45, 2.75) is 39.8 Å². The van der Waals surface area contributed by atoms with Crippen LogP contribution in [-0.2, 0) is 4.74 Å². The van der Waals surface area contributed by atoms with Crippen molar-refractivity contribution >= 4 is 0 Å². The maximum absolute atomic E-state index is 5.28. The Labute approximate surface area is 124 Å². The van der Waals surface area contributed by atoms with Crippen molar-refractivity contribution in [3.63, 3.8) is 0 Å². The van der Waals surface area contributed by atoms with Crippen LogP contribution in [0, 0.1) is 13.8 Å². The van der Waals surface area contributed by atoms with Gasteiger partial charge in [-0.05, 0) is 39.9 Å². The second-order valence-electron chi connectivity index (χ2n) is 5.65. The topological polar surface area (TPSA) is 24.5 Å². The molecule has 0 aliphatic heterocycles. The molecule has 0 amide bonds. The zero-order valence-corrected chi connectivity index (χ0v) is 13.9. The summed E-state index contributed by atoms with van der Waals surface area (Å²) < 4.78 is 5.28. The third-order valence-electron chi connectivity index (χ3n) is 3.85. The molecule has 0 aliphatic carbocycles. The Morgan fingerprint density at radius 1 is 1.20 bits per heavy atom. The van der Waals surface area contributed by atoms with Gasteiger partial charge in [0.1, 0.15) is 0 Å². The van der Waals surface area contributed by atoms with Crippen molar-refractivity contribution in [1.29, 1.82) is 0 Å². The molecule has 2 atom stereocenters. The minimum Gasteiger partial charge on any atom is -0.383 e. The van der Waals surface area contributed by atoms with E-state index in [1.54, 1.807) is 7.11 Å². The van der Waals surface area contributed by atoms with Gasteiger partial charge in [-0.1, -0.05) is 36.2 Å². The first-order valence-corrected chi connectivity index (χ1v) is 7.50. The molecule has 0 saturated heterocycles. The van der Waals surface area contributed by atoms with Crippen LogP contribution >= 0.6 is 0 Å². The maximum Gasteiger partial charge on any atom is 0.0615 e. The summed E-state index contributed by atoms with van der Waals surface area (Å²) in [6.07, 6.45) is 0. The van der Waals surface area contributed by atoms with E-state index >= 15 is 0 Å². The molecular weight excluding hydrogens is 248 g/mol. The van der Waals surface area contributed by atoms with Gasteiger partial charge in [0.05, 0.1) is 6.61 Å². The second kappa shape index (κ2) is 8.40. The summed E-state index contributed by atoms with van der Waals surface area (Å²) in [7, 11) is 3.81. The van der Waals surface area contributed by atoms with E-state index in [-0.39, 0.29) is 0 Å². The minimum absolute atomic E-state index is 0.354. The van der Waals surface area contributed by atoms with Crippen LogP contribution in [0.2, 0.25) is 0 Å². The highest BCUT2D eigenvalue weighted by molar-refractivity contribution is 5.30. The fraction of sp³-hybridized carbons (Fsp3) is 0.647. The van der Waals surface area contributed by atoms with E-state index in [0.29, 0.717) is 12.1 Å². The van der Waals surface area contributed by atoms with Gasteiger partial charge in [-0.15, -0.1) is 0 Å². The van der Waals surface area contributed by atoms with Crippen molar-refractivity contribution in [3.8, 4) is 0 Å². The number of nitrogens with zero attached hydrogens (tertiary/aromatic N) is 1. The van der Waals surface area contributed by atoms with Gasteiger partial charge in [0.2, 0.25) is 0 Å². The summed E-state index contributed by atoms with van der Waals surface area (Å²) in [5.41, 5.74) is 4.02. The highest BCUT2D eigenvalue weighted by atomic mass is 16.5. The Bertz CT molecular complexity index is 386. The van der Waals surface area contributed by atoms with Crippen molar-refractivity contribution in [2.24, 2.45) is 0 Å². The number of ether oxygens (including phenoxy) is 1. The number of benzene rings is 1. The summed E-state index contributed by atoms with van der Waals surface area (Å²) in [5, 5.41) is 3.45. The Morgan fingerprint density at radius 3 is 2.25 bits per heavy atom. The zero-order valence-electron chi connectivity index (χ0n) is 13.9. The number of rotatable bonds is 8. The van der Waals surface area contributed by atoms with Gasteiger partial charge in [0, 0.05) is 25.7 Å². The average Bonchev–Trinajstić information content (AvgIpc) is 2.39. The predicted octanol–water partition coefficient (Wildman–Crippen LogP) is 2.92. The lowest BCUT2D eigenvalue weighted by Crippen LogP contribution is -2.41. The van der Waals surface area contributed by atoms with Crippen LogP contribution in [0.4, 0.5) is 0 Å². The Morgan fingerprint density at radius 2 is 1.80 bits per heavy atom. The molecular formula is C17H30N2O. The molecule has 0 spiro atoms. The molecule has 1 aromatic rings. The van der Waals surface area contributed by atoms with Gasteiger partial charge in [-0.2, -0.15) is 0 Å². The van der Waals surface area contributed by atoms with Crippen molar-refractivity contribution in [1.82, 2.24) is 10.2 Å². The molecule has 3 nitrogen and oxygen atoms in total. The molecule has 3 heteroatoms. The quantitative estimate of drug-likeness (QED) is 0.791. The minimum atomic E-state index is 0.354. The highest BCUT2D eigenvalue weighted by Gasteiger charge is 2.18. The Hall–Kier alpha value is -0.900. The summed E-state index contributed by atoms with van der Waals surface area (Å²) in [4.78, 5) is 2.46. The molecule has 0 fully saturated rings. The van der Waals surface area contributed by atoms with E-state index in [1.165, 1.54) is 16.7 Å². The number of likely N-dealkylation sites (N-methyl/N-ethyl adjacent to an activating group) is 2. The monoisotopic (exact) mass is 278 g/mol. The molecule has 0 saturated carbocycles. The number of hydrogen-bond donors (Lipinski definition) is 1. The van der Waals surface area contributed by atoms with Gasteiger partial charge < -0.3 is 10.1 Å². The normalized spacial score (nSPS) is 14.6. The van der Waals surface area contributed by atoms with Gasteiger partial charge in [-0.3, -0.25) is 4.90 Å². The smallest absolute Gasteiger partial charge is 0.0615 e. The maximum atomic E-state index is 5.28. The van der Waals surface area contributed by atoms with Gasteiger partial charge >= 0.3 is 0 Å². The molecule has 0 bridgehead atoms. The van der Waals surface area contributed by atoms with Crippen LogP contribution in [0.15, 0.2) is 18.2 Å². The van der Waals surface area contributed by atoms with E-state index in [0.717, 1.165) is 19.7 Å². The third-order valence-corrected chi connectivity index (χ3v) is 3.85. The molecule has 1 aromatic carbocycles. The molecule has 0 aromatic heterocycles. The van der Waals surface area contributed by atoms with Crippen LogP contribution in [0.1, 0.15) is 36.6 Å². The van der Waals surface area contributed by atoms with Crippen LogP contribution in [0.5, 0.6) is 0 Å². The SMILES string of the molecule is CCN(CC(NC)c1cc(C)cc(C)c1)C(C)COC. The Balaban J connectivity index is 2.84. The van der Waals surface area contributed by atoms with E-state index in [1.807, 2.05) is 7.05 Å². The fourth-order valence-corrected chi connectivity index (χ4v) is 2.78. The van der Waals surface area contributed by atoms with E-state index in [2.05, 4.69) is 56.1 Å². The second-order valence-corrected chi connectivity index (χ2v) is 5.65. The third kappa shape index (κ3) is 4.89. The molecule has 2 unspecified atom stereocenters. The zero-order chi connectivity index (χ0) is 15.1. The first-order valence-electron chi connectivity index (χ1n) is 7.50. The van der Waals surface area contributed by atoms with Crippen molar-refractivity contribution < 1.29 is 4.74 Å². The van der Waals surface area contributed by atoms with E-state index < -0.39 is 0 Å². The molecule has 1 rings (SSSR count). The summed E-state index contributed by atoms with van der Waals surface area (Å²) in [6, 6.07) is 7.58. The van der Waals surface area contributed by atoms with E-state index in [9.17, 15) is 0 Å². The average molecular weight is 278 g/mol. The lowest BCUT2D eigenvalue weighted by Gasteiger charge is -2.31. The number of hydrogen-bond acceptors (Lipinski definition) is 3. The molecule has 0 radical (unpaired) electrons. The van der Waals surface area contributed by atoms with Crippen LogP contribution in [-0.4, -0.2) is 44.8 Å². The summed E-state index contributed by atoms with van der Waals surface area (Å²) in [6.45, 7) is 11.6. The highest BCUT2D eigenvalue weighted by Crippen LogP contribution is 2.19. The van der Waals surface area contributed by atoms with Gasteiger partial charge in [-0.25, -0.2) is 0 Å². The van der Waals surface area contributed by atoms with Crippen molar-refractivity contribution in [3.05, 3.63) is 34.9 Å². The lowest BCUT2D eigenvalue weighted by atomic mass is 10.0. The fourth-order valence-electron chi connectivity index (χ4n) is 2.78. The summed E-state index contributed by atoms with van der Waals surface area (Å²) >= 11 is 0. The molecule has 114 valence electrons. The number of nitrogens with one attached hydrogen (secondary N) is 1. The first kappa shape index (κ1) is 17.2. The Kier molecular flexibility index (Phi) is 7.20. The van der Waals surface area contributed by atoms with Crippen LogP contribution in [0.3, 0.4) is 0 Å². The first-order chi connectivity index (χ1) is 9.51. The lowest BCUT2D eigenvalue weighted by molar-refractivity contribution is 0.0963.